The molecule has 1 saturated heterocycles. The molecule has 4 rings (SSSR count). The van der Waals surface area contributed by atoms with E-state index in [-0.39, 0.29) is 5.24 Å². The van der Waals surface area contributed by atoms with E-state index < -0.39 is 0 Å². The Bertz CT molecular complexity index is 1110. The molecule has 3 aromatic rings. The Morgan fingerprint density at radius 2 is 1.82 bits per heavy atom. The summed E-state index contributed by atoms with van der Waals surface area (Å²) in [5, 5.41) is 3.61. The fourth-order valence-corrected chi connectivity index (χ4v) is 4.07. The van der Waals surface area contributed by atoms with Gasteiger partial charge in [0.2, 0.25) is 0 Å². The van der Waals surface area contributed by atoms with Crippen molar-refractivity contribution in [2.45, 2.75) is 6.92 Å². The molecular weight excluding hydrogens is 415 g/mol. The predicted molar refractivity (Wildman–Crippen MR) is 117 cm³/mol. The van der Waals surface area contributed by atoms with Crippen molar-refractivity contribution in [1.29, 1.82) is 0 Å². The van der Waals surface area contributed by atoms with E-state index in [1.165, 1.54) is 0 Å². The van der Waals surface area contributed by atoms with Crippen LogP contribution in [0, 0.1) is 6.92 Å². The molecule has 0 aliphatic carbocycles. The van der Waals surface area contributed by atoms with Crippen molar-refractivity contribution in [3.05, 3.63) is 80.9 Å². The van der Waals surface area contributed by atoms with Crippen LogP contribution in [-0.4, -0.2) is 11.1 Å². The molecular formula is C21H14Cl2N2O2S. The summed E-state index contributed by atoms with van der Waals surface area (Å²) in [4.78, 5) is 17.1. The first kappa shape index (κ1) is 18.9. The zero-order chi connectivity index (χ0) is 19.7. The number of halogens is 2. The predicted octanol–water partition coefficient (Wildman–Crippen LogP) is 7.09. The zero-order valence-electron chi connectivity index (χ0n) is 14.7. The highest BCUT2D eigenvalue weighted by Gasteiger charge is 2.24. The first-order chi connectivity index (χ1) is 13.5. The van der Waals surface area contributed by atoms with Crippen molar-refractivity contribution in [1.82, 2.24) is 5.32 Å². The molecule has 1 aliphatic heterocycles. The van der Waals surface area contributed by atoms with E-state index in [1.807, 2.05) is 31.2 Å². The largest absolute Gasteiger partial charge is 0.457 e. The van der Waals surface area contributed by atoms with E-state index in [4.69, 9.17) is 27.6 Å². The Kier molecular flexibility index (Phi) is 5.31. The summed E-state index contributed by atoms with van der Waals surface area (Å²) in [6, 6.07) is 16.6. The summed E-state index contributed by atoms with van der Waals surface area (Å²) in [5.74, 6) is 1.62. The second-order valence-corrected chi connectivity index (χ2v) is 7.95. The molecule has 140 valence electrons. The number of carbonyl (C=O) groups is 1. The molecule has 1 N–H and O–H groups in total. The van der Waals surface area contributed by atoms with Crippen LogP contribution in [0.2, 0.25) is 10.0 Å². The van der Waals surface area contributed by atoms with Crippen molar-refractivity contribution in [3.63, 3.8) is 0 Å². The van der Waals surface area contributed by atoms with Gasteiger partial charge >= 0.3 is 0 Å². The van der Waals surface area contributed by atoms with Gasteiger partial charge in [-0.2, -0.15) is 0 Å². The maximum Gasteiger partial charge on any atom is 0.289 e. The third-order valence-electron chi connectivity index (χ3n) is 4.01. The van der Waals surface area contributed by atoms with Crippen LogP contribution in [-0.2, 0) is 0 Å². The number of nitrogens with zero attached hydrogens (tertiary/aromatic N) is 1. The quantitative estimate of drug-likeness (QED) is 0.484. The van der Waals surface area contributed by atoms with Gasteiger partial charge in [0.25, 0.3) is 5.24 Å². The van der Waals surface area contributed by atoms with Gasteiger partial charge in [-0.05, 0) is 66.7 Å². The van der Waals surface area contributed by atoms with E-state index in [0.29, 0.717) is 37.9 Å². The summed E-state index contributed by atoms with van der Waals surface area (Å²) in [6.45, 7) is 1.99. The molecule has 1 amide bonds. The lowest BCUT2D eigenvalue weighted by molar-refractivity contribution is 0.265. The first-order valence-electron chi connectivity index (χ1n) is 8.40. The molecule has 0 spiro atoms. The molecule has 0 bridgehead atoms. The molecule has 1 aromatic heterocycles. The van der Waals surface area contributed by atoms with Gasteiger partial charge in [0, 0.05) is 0 Å². The molecule has 4 nitrogen and oxygen atoms in total. The maximum atomic E-state index is 11.9. The number of amidine groups is 1. The summed E-state index contributed by atoms with van der Waals surface area (Å²) in [5.41, 5.74) is 2.50. The second kappa shape index (κ2) is 7.87. The lowest BCUT2D eigenvalue weighted by atomic mass is 10.2. The molecule has 0 saturated carbocycles. The molecule has 28 heavy (non-hydrogen) atoms. The van der Waals surface area contributed by atoms with Gasteiger partial charge in [-0.25, -0.2) is 4.99 Å². The van der Waals surface area contributed by atoms with Gasteiger partial charge in [0.05, 0.1) is 26.2 Å². The van der Waals surface area contributed by atoms with Crippen LogP contribution in [0.3, 0.4) is 0 Å². The third kappa shape index (κ3) is 4.02. The number of rotatable bonds is 3. The third-order valence-corrected chi connectivity index (χ3v) is 5.46. The average Bonchev–Trinajstić information content (AvgIpc) is 3.22. The number of aliphatic imine (C=N–C) groups is 1. The lowest BCUT2D eigenvalue weighted by Gasteiger charge is -2.03. The summed E-state index contributed by atoms with van der Waals surface area (Å²) >= 11 is 13.6. The van der Waals surface area contributed by atoms with E-state index in [0.717, 1.165) is 23.0 Å². The van der Waals surface area contributed by atoms with Crippen molar-refractivity contribution < 1.29 is 9.21 Å². The Morgan fingerprint density at radius 1 is 1.07 bits per heavy atom. The van der Waals surface area contributed by atoms with E-state index in [9.17, 15) is 4.79 Å². The van der Waals surface area contributed by atoms with Gasteiger partial charge in [-0.3, -0.25) is 4.79 Å². The molecule has 0 radical (unpaired) electrons. The number of benzene rings is 2. The van der Waals surface area contributed by atoms with Gasteiger partial charge in [0.15, 0.2) is 0 Å². The topological polar surface area (TPSA) is 54.6 Å². The van der Waals surface area contributed by atoms with E-state index in [2.05, 4.69) is 10.3 Å². The number of carbonyl (C=O) groups excluding carboxylic acids is 1. The lowest BCUT2D eigenvalue weighted by Crippen LogP contribution is -2.18. The number of aryl methyl sites for hydroxylation is 1. The van der Waals surface area contributed by atoms with Crippen LogP contribution in [0.5, 0.6) is 0 Å². The van der Waals surface area contributed by atoms with Crippen LogP contribution in [0.1, 0.15) is 11.3 Å². The highest BCUT2D eigenvalue weighted by molar-refractivity contribution is 8.18. The Labute approximate surface area is 176 Å². The molecule has 7 heteroatoms. The smallest absolute Gasteiger partial charge is 0.289 e. The van der Waals surface area contributed by atoms with Crippen LogP contribution in [0.15, 0.2) is 68.9 Å². The fourth-order valence-electron chi connectivity index (χ4n) is 2.77. The first-order valence-corrected chi connectivity index (χ1v) is 9.97. The van der Waals surface area contributed by atoms with Gasteiger partial charge in [0.1, 0.15) is 17.4 Å². The molecule has 0 unspecified atom stereocenters. The van der Waals surface area contributed by atoms with Crippen molar-refractivity contribution >= 4 is 57.8 Å². The number of hydrogen-bond donors (Lipinski definition) is 1. The average molecular weight is 429 g/mol. The number of hydrogen-bond acceptors (Lipinski definition) is 4. The van der Waals surface area contributed by atoms with Crippen LogP contribution < -0.4 is 5.32 Å². The standard InChI is InChI=1S/C21H14Cl2N2O2S/c1-12-4-2-5-13(10-12)24-20-18(28-21(26)25-20)11-14-8-9-17(27-14)19-15(22)6-3-7-16(19)23/h2-11H,1H3,(H,24,25,26)/b18-11-. The van der Waals surface area contributed by atoms with Crippen molar-refractivity contribution in [2.75, 3.05) is 0 Å². The summed E-state index contributed by atoms with van der Waals surface area (Å²) in [6.07, 6.45) is 1.77. The Hall–Kier alpha value is -2.47. The number of thioether (sulfide) groups is 1. The number of nitrogens with one attached hydrogen (secondary N) is 1. The minimum Gasteiger partial charge on any atom is -0.457 e. The molecule has 2 aromatic carbocycles. The highest BCUT2D eigenvalue weighted by atomic mass is 35.5. The monoisotopic (exact) mass is 428 g/mol. The minimum absolute atomic E-state index is 0.182. The number of amides is 1. The SMILES string of the molecule is Cc1cccc(N=C2NC(=O)S/C2=C\c2ccc(-c3c(Cl)cccc3Cl)o2)c1. The van der Waals surface area contributed by atoms with Gasteiger partial charge in [-0.15, -0.1) is 0 Å². The molecule has 0 atom stereocenters. The minimum atomic E-state index is -0.182. The van der Waals surface area contributed by atoms with E-state index >= 15 is 0 Å². The second-order valence-electron chi connectivity index (χ2n) is 6.12. The van der Waals surface area contributed by atoms with Crippen LogP contribution >= 0.6 is 35.0 Å². The van der Waals surface area contributed by atoms with Gasteiger partial charge < -0.3 is 9.73 Å². The highest BCUT2D eigenvalue weighted by Crippen LogP contribution is 2.36. The maximum absolute atomic E-state index is 11.9. The van der Waals surface area contributed by atoms with Crippen molar-refractivity contribution in [2.24, 2.45) is 4.99 Å². The Balaban J connectivity index is 1.68. The van der Waals surface area contributed by atoms with Gasteiger partial charge in [-0.1, -0.05) is 41.4 Å². The zero-order valence-corrected chi connectivity index (χ0v) is 17.0. The summed E-state index contributed by atoms with van der Waals surface area (Å²) in [7, 11) is 0. The summed E-state index contributed by atoms with van der Waals surface area (Å²) < 4.78 is 5.89. The fraction of sp³-hybridized carbons (Fsp3) is 0.0476. The molecule has 1 fully saturated rings. The Morgan fingerprint density at radius 3 is 2.57 bits per heavy atom. The van der Waals surface area contributed by atoms with Crippen LogP contribution in [0.25, 0.3) is 17.4 Å². The number of furan rings is 1. The molecule has 2 heterocycles. The van der Waals surface area contributed by atoms with E-state index in [1.54, 1.807) is 36.4 Å². The normalized spacial score (nSPS) is 16.8. The van der Waals surface area contributed by atoms with Crippen LogP contribution in [0.4, 0.5) is 10.5 Å². The van der Waals surface area contributed by atoms with Crippen molar-refractivity contribution in [3.8, 4) is 11.3 Å². The molecule has 1 aliphatic rings.